The van der Waals surface area contributed by atoms with Crippen LogP contribution in [0.5, 0.6) is 0 Å². The molecule has 0 aliphatic rings. The molecule has 1 aromatic rings. The minimum Gasteiger partial charge on any atom is -0.480 e. The lowest BCUT2D eigenvalue weighted by atomic mass is 10.2. The number of aliphatic carboxylic acids is 1. The van der Waals surface area contributed by atoms with Gasteiger partial charge in [-0.1, -0.05) is 6.07 Å². The number of hydrogen-bond donors (Lipinski definition) is 5. The van der Waals surface area contributed by atoms with Crippen LogP contribution in [0.4, 0.5) is 10.5 Å². The highest BCUT2D eigenvalue weighted by atomic mass is 16.4. The van der Waals surface area contributed by atoms with Gasteiger partial charge in [0, 0.05) is 11.3 Å². The molecule has 1 unspecified atom stereocenters. The Morgan fingerprint density at radius 1 is 1.32 bits per heavy atom. The molecule has 1 aromatic carbocycles. The summed E-state index contributed by atoms with van der Waals surface area (Å²) in [6.45, 7) is -0.732. The van der Waals surface area contributed by atoms with Crippen molar-refractivity contribution in [3.05, 3.63) is 29.8 Å². The number of carbonyl (C=O) groups excluding carboxylic acids is 2. The zero-order chi connectivity index (χ0) is 14.4. The van der Waals surface area contributed by atoms with Gasteiger partial charge >= 0.3 is 12.0 Å². The summed E-state index contributed by atoms with van der Waals surface area (Å²) in [6, 6.07) is 3.61. The van der Waals surface area contributed by atoms with Crippen molar-refractivity contribution in [3.8, 4) is 0 Å². The van der Waals surface area contributed by atoms with Gasteiger partial charge in [0.25, 0.3) is 0 Å². The largest absolute Gasteiger partial charge is 0.480 e. The SMILES string of the molecule is NC(=O)c1cccc(NC(=O)NC(CO)C(=O)O)c1. The first-order valence-electron chi connectivity index (χ1n) is 5.25. The highest BCUT2D eigenvalue weighted by Crippen LogP contribution is 2.09. The first-order valence-corrected chi connectivity index (χ1v) is 5.25. The van der Waals surface area contributed by atoms with Crippen LogP contribution in [0.15, 0.2) is 24.3 Å². The molecule has 8 heteroatoms. The number of rotatable bonds is 5. The molecule has 0 fully saturated rings. The predicted octanol–water partition coefficient (Wildman–Crippen LogP) is -0.647. The van der Waals surface area contributed by atoms with E-state index in [1.54, 1.807) is 0 Å². The number of nitrogens with two attached hydrogens (primary N) is 1. The Kier molecular flexibility index (Phi) is 4.84. The molecule has 0 bridgehead atoms. The lowest BCUT2D eigenvalue weighted by molar-refractivity contribution is -0.140. The second-order valence-electron chi connectivity index (χ2n) is 3.62. The molecule has 19 heavy (non-hydrogen) atoms. The van der Waals surface area contributed by atoms with Crippen LogP contribution in [0, 0.1) is 0 Å². The molecule has 0 spiro atoms. The highest BCUT2D eigenvalue weighted by Gasteiger charge is 2.18. The van der Waals surface area contributed by atoms with E-state index in [1.165, 1.54) is 24.3 Å². The predicted molar refractivity (Wildman–Crippen MR) is 65.6 cm³/mol. The van der Waals surface area contributed by atoms with E-state index in [2.05, 4.69) is 5.32 Å². The van der Waals surface area contributed by atoms with Gasteiger partial charge in [-0.15, -0.1) is 0 Å². The molecule has 0 aliphatic heterocycles. The molecule has 0 heterocycles. The number of anilines is 1. The first kappa shape index (κ1) is 14.5. The van der Waals surface area contributed by atoms with Crippen LogP contribution in [0.25, 0.3) is 0 Å². The number of benzene rings is 1. The van der Waals surface area contributed by atoms with E-state index >= 15 is 0 Å². The van der Waals surface area contributed by atoms with Crippen LogP contribution >= 0.6 is 0 Å². The van der Waals surface area contributed by atoms with Crippen molar-refractivity contribution < 1.29 is 24.6 Å². The summed E-state index contributed by atoms with van der Waals surface area (Å²) in [7, 11) is 0. The smallest absolute Gasteiger partial charge is 0.328 e. The van der Waals surface area contributed by atoms with Crippen LogP contribution < -0.4 is 16.4 Å². The lowest BCUT2D eigenvalue weighted by Crippen LogP contribution is -2.45. The molecular weight excluding hydrogens is 254 g/mol. The van der Waals surface area contributed by atoms with Crippen molar-refractivity contribution in [1.82, 2.24) is 5.32 Å². The molecule has 8 nitrogen and oxygen atoms in total. The van der Waals surface area contributed by atoms with E-state index in [0.717, 1.165) is 0 Å². The number of carboxylic acid groups (broad SMARTS) is 1. The van der Waals surface area contributed by atoms with Gasteiger partial charge in [-0.25, -0.2) is 9.59 Å². The average molecular weight is 267 g/mol. The molecule has 0 aliphatic carbocycles. The Labute approximate surface area is 108 Å². The van der Waals surface area contributed by atoms with Gasteiger partial charge in [0.2, 0.25) is 5.91 Å². The standard InChI is InChI=1S/C11H13N3O5/c12-9(16)6-2-1-3-7(4-6)13-11(19)14-8(5-15)10(17)18/h1-4,8,15H,5H2,(H2,12,16)(H,17,18)(H2,13,14,19). The Balaban J connectivity index is 2.69. The lowest BCUT2D eigenvalue weighted by Gasteiger charge is -2.12. The molecule has 0 saturated carbocycles. The zero-order valence-electron chi connectivity index (χ0n) is 9.79. The van der Waals surface area contributed by atoms with Crippen molar-refractivity contribution in [2.45, 2.75) is 6.04 Å². The normalized spacial score (nSPS) is 11.4. The number of nitrogens with one attached hydrogen (secondary N) is 2. The molecule has 3 amide bonds. The summed E-state index contributed by atoms with van der Waals surface area (Å²) in [6.07, 6.45) is 0. The van der Waals surface area contributed by atoms with Gasteiger partial charge in [0.05, 0.1) is 6.61 Å². The van der Waals surface area contributed by atoms with Gasteiger partial charge in [0.15, 0.2) is 6.04 Å². The second kappa shape index (κ2) is 6.36. The third-order valence-electron chi connectivity index (χ3n) is 2.19. The van der Waals surface area contributed by atoms with Crippen LogP contribution in [0.2, 0.25) is 0 Å². The number of urea groups is 1. The summed E-state index contributed by atoms with van der Waals surface area (Å²) in [5.74, 6) is -2.01. The summed E-state index contributed by atoms with van der Waals surface area (Å²) in [5, 5.41) is 21.8. The summed E-state index contributed by atoms with van der Waals surface area (Å²) >= 11 is 0. The van der Waals surface area contributed by atoms with E-state index < -0.39 is 30.6 Å². The fourth-order valence-corrected chi connectivity index (χ4v) is 1.26. The third-order valence-corrected chi connectivity index (χ3v) is 2.19. The molecular formula is C11H13N3O5. The molecule has 0 saturated heterocycles. The molecule has 6 N–H and O–H groups in total. The van der Waals surface area contributed by atoms with Gasteiger partial charge in [-0.3, -0.25) is 4.79 Å². The van der Waals surface area contributed by atoms with Crippen molar-refractivity contribution in [2.24, 2.45) is 5.73 Å². The van der Waals surface area contributed by atoms with E-state index in [0.29, 0.717) is 0 Å². The number of primary amides is 1. The number of amides is 3. The van der Waals surface area contributed by atoms with Gasteiger partial charge in [-0.05, 0) is 18.2 Å². The van der Waals surface area contributed by atoms with Crippen LogP contribution in [0.1, 0.15) is 10.4 Å². The molecule has 0 aromatic heterocycles. The number of aliphatic hydroxyl groups excluding tert-OH is 1. The van der Waals surface area contributed by atoms with Crippen molar-refractivity contribution in [1.29, 1.82) is 0 Å². The molecule has 0 radical (unpaired) electrons. The van der Waals surface area contributed by atoms with E-state index in [4.69, 9.17) is 15.9 Å². The maximum Gasteiger partial charge on any atom is 0.328 e. The maximum absolute atomic E-state index is 11.5. The minimum atomic E-state index is -1.40. The van der Waals surface area contributed by atoms with Gasteiger partial charge in [0.1, 0.15) is 0 Å². The molecule has 102 valence electrons. The van der Waals surface area contributed by atoms with Crippen LogP contribution in [0.3, 0.4) is 0 Å². The quantitative estimate of drug-likeness (QED) is 0.482. The van der Waals surface area contributed by atoms with Crippen LogP contribution in [-0.2, 0) is 4.79 Å². The number of aliphatic hydroxyl groups is 1. The Morgan fingerprint density at radius 2 is 2.00 bits per heavy atom. The highest BCUT2D eigenvalue weighted by molar-refractivity contribution is 5.96. The summed E-state index contributed by atoms with van der Waals surface area (Å²) in [5.41, 5.74) is 5.55. The summed E-state index contributed by atoms with van der Waals surface area (Å²) in [4.78, 5) is 33.0. The average Bonchev–Trinajstić information content (AvgIpc) is 2.35. The van der Waals surface area contributed by atoms with Gasteiger partial charge < -0.3 is 26.6 Å². The monoisotopic (exact) mass is 267 g/mol. The van der Waals surface area contributed by atoms with Crippen LogP contribution in [-0.4, -0.2) is 40.8 Å². The zero-order valence-corrected chi connectivity index (χ0v) is 9.79. The first-order chi connectivity index (χ1) is 8.93. The topological polar surface area (TPSA) is 142 Å². The fourth-order valence-electron chi connectivity index (χ4n) is 1.26. The van der Waals surface area contributed by atoms with E-state index in [-0.39, 0.29) is 11.3 Å². The Hall–Kier alpha value is -2.61. The van der Waals surface area contributed by atoms with Crippen molar-refractivity contribution >= 4 is 23.6 Å². The number of carboxylic acids is 1. The fraction of sp³-hybridized carbons (Fsp3) is 0.182. The molecule has 1 atom stereocenters. The third kappa shape index (κ3) is 4.28. The van der Waals surface area contributed by atoms with Gasteiger partial charge in [-0.2, -0.15) is 0 Å². The minimum absolute atomic E-state index is 0.203. The van der Waals surface area contributed by atoms with E-state index in [9.17, 15) is 14.4 Å². The Bertz CT molecular complexity index is 503. The second-order valence-corrected chi connectivity index (χ2v) is 3.62. The molecule has 1 rings (SSSR count). The van der Waals surface area contributed by atoms with Crippen molar-refractivity contribution in [3.63, 3.8) is 0 Å². The summed E-state index contributed by atoms with van der Waals surface area (Å²) < 4.78 is 0. The van der Waals surface area contributed by atoms with E-state index in [1.807, 2.05) is 5.32 Å². The maximum atomic E-state index is 11.5. The van der Waals surface area contributed by atoms with Crippen molar-refractivity contribution in [2.75, 3.05) is 11.9 Å². The number of hydrogen-bond acceptors (Lipinski definition) is 4. The Morgan fingerprint density at radius 3 is 2.53 bits per heavy atom. The number of carbonyl (C=O) groups is 3.